The van der Waals surface area contributed by atoms with E-state index in [4.69, 9.17) is 9.47 Å². The Balaban J connectivity index is 0.00000147. The molecule has 2 N–H and O–H groups in total. The first kappa shape index (κ1) is 14.9. The van der Waals surface area contributed by atoms with E-state index >= 15 is 0 Å². The zero-order chi connectivity index (χ0) is 13.4. The van der Waals surface area contributed by atoms with Crippen molar-refractivity contribution in [3.8, 4) is 11.5 Å². The third kappa shape index (κ3) is 2.43. The highest BCUT2D eigenvalue weighted by Gasteiger charge is 2.53. The van der Waals surface area contributed by atoms with Crippen LogP contribution in [-0.2, 0) is 0 Å². The third-order valence-corrected chi connectivity index (χ3v) is 4.04. The van der Waals surface area contributed by atoms with Crippen molar-refractivity contribution in [2.45, 2.75) is 6.04 Å². The Labute approximate surface area is 124 Å². The van der Waals surface area contributed by atoms with Crippen LogP contribution < -0.4 is 20.1 Å². The van der Waals surface area contributed by atoms with E-state index in [2.05, 4.69) is 10.6 Å². The van der Waals surface area contributed by atoms with Crippen LogP contribution in [0.15, 0.2) is 18.2 Å². The number of hydrogen-bond acceptors (Lipinski definition) is 4. The molecule has 0 bridgehead atoms. The van der Waals surface area contributed by atoms with Crippen molar-refractivity contribution in [1.29, 1.82) is 0 Å². The molecule has 1 heterocycles. The molecule has 0 aromatic heterocycles. The molecule has 2 aliphatic rings. The molecule has 1 amide bonds. The van der Waals surface area contributed by atoms with Gasteiger partial charge in [-0.1, -0.05) is 6.07 Å². The largest absolute Gasteiger partial charge is 0.493 e. The number of carbonyl (C=O) groups is 1. The van der Waals surface area contributed by atoms with Crippen LogP contribution in [0, 0.1) is 11.8 Å². The number of carbonyl (C=O) groups excluding carboxylic acids is 1. The van der Waals surface area contributed by atoms with Crippen molar-refractivity contribution >= 4 is 18.3 Å². The van der Waals surface area contributed by atoms with Crippen molar-refractivity contribution in [2.24, 2.45) is 11.8 Å². The molecule has 5 nitrogen and oxygen atoms in total. The second-order valence-electron chi connectivity index (χ2n) is 5.03. The van der Waals surface area contributed by atoms with Crippen molar-refractivity contribution in [1.82, 2.24) is 10.6 Å². The summed E-state index contributed by atoms with van der Waals surface area (Å²) < 4.78 is 10.5. The first-order valence-electron chi connectivity index (χ1n) is 6.49. The van der Waals surface area contributed by atoms with Gasteiger partial charge in [-0.3, -0.25) is 4.79 Å². The molecule has 1 aromatic rings. The van der Waals surface area contributed by atoms with Crippen molar-refractivity contribution in [3.63, 3.8) is 0 Å². The Bertz CT molecular complexity index is 499. The van der Waals surface area contributed by atoms with Gasteiger partial charge in [-0.15, -0.1) is 12.4 Å². The van der Waals surface area contributed by atoms with Gasteiger partial charge in [0.1, 0.15) is 0 Å². The standard InChI is InChI=1S/C14H18N2O3.ClH/c1-18-11-5-3-4-8(13(11)19-2)14(17)16-12-9-6-15-7-10(9)12;/h3-5,9-10,12,15H,6-7H2,1-2H3,(H,16,17);1H. The SMILES string of the molecule is COc1cccc(C(=O)NC2C3CNCC32)c1OC.Cl. The Hall–Kier alpha value is -1.46. The van der Waals surface area contributed by atoms with Gasteiger partial charge >= 0.3 is 0 Å². The van der Waals surface area contributed by atoms with E-state index in [0.717, 1.165) is 13.1 Å². The Morgan fingerprint density at radius 1 is 1.25 bits per heavy atom. The van der Waals surface area contributed by atoms with Crippen LogP contribution in [0.5, 0.6) is 11.5 Å². The van der Waals surface area contributed by atoms with Gasteiger partial charge in [-0.2, -0.15) is 0 Å². The van der Waals surface area contributed by atoms with E-state index in [1.54, 1.807) is 32.4 Å². The first-order chi connectivity index (χ1) is 9.26. The van der Waals surface area contributed by atoms with Crippen LogP contribution in [0.25, 0.3) is 0 Å². The molecular formula is C14H19ClN2O3. The fourth-order valence-electron chi connectivity index (χ4n) is 2.93. The summed E-state index contributed by atoms with van der Waals surface area (Å²) in [6.45, 7) is 2.01. The Morgan fingerprint density at radius 3 is 2.55 bits per heavy atom. The van der Waals surface area contributed by atoms with Gasteiger partial charge in [-0.25, -0.2) is 0 Å². The molecule has 20 heavy (non-hydrogen) atoms. The van der Waals surface area contributed by atoms with Crippen molar-refractivity contribution < 1.29 is 14.3 Å². The summed E-state index contributed by atoms with van der Waals surface area (Å²) in [6.07, 6.45) is 0. The molecule has 1 aromatic carbocycles. The molecule has 110 valence electrons. The van der Waals surface area contributed by atoms with Gasteiger partial charge in [-0.05, 0) is 24.0 Å². The summed E-state index contributed by atoms with van der Waals surface area (Å²) in [5.41, 5.74) is 0.528. The van der Waals surface area contributed by atoms with Gasteiger partial charge in [0.2, 0.25) is 0 Å². The fourth-order valence-corrected chi connectivity index (χ4v) is 2.93. The number of hydrogen-bond donors (Lipinski definition) is 2. The molecular weight excluding hydrogens is 280 g/mol. The number of fused-ring (bicyclic) bond motifs is 1. The average Bonchev–Trinajstić information content (AvgIpc) is 2.89. The second kappa shape index (κ2) is 5.89. The Morgan fingerprint density at radius 2 is 1.95 bits per heavy atom. The second-order valence-corrected chi connectivity index (χ2v) is 5.03. The molecule has 3 rings (SSSR count). The number of nitrogens with one attached hydrogen (secondary N) is 2. The van der Waals surface area contributed by atoms with Crippen molar-refractivity contribution in [3.05, 3.63) is 23.8 Å². The summed E-state index contributed by atoms with van der Waals surface area (Å²) in [4.78, 5) is 12.3. The smallest absolute Gasteiger partial charge is 0.255 e. The lowest BCUT2D eigenvalue weighted by Crippen LogP contribution is -2.32. The highest BCUT2D eigenvalue weighted by Crippen LogP contribution is 2.42. The number of benzene rings is 1. The predicted octanol–water partition coefficient (Wildman–Crippen LogP) is 1.07. The number of piperidine rings is 1. The lowest BCUT2D eigenvalue weighted by Gasteiger charge is -2.13. The van der Waals surface area contributed by atoms with E-state index < -0.39 is 0 Å². The number of ether oxygens (including phenoxy) is 2. The summed E-state index contributed by atoms with van der Waals surface area (Å²) in [5, 5.41) is 6.39. The maximum absolute atomic E-state index is 12.3. The van der Waals surface area contributed by atoms with E-state index in [1.807, 2.05) is 0 Å². The summed E-state index contributed by atoms with van der Waals surface area (Å²) in [6, 6.07) is 5.65. The number of methoxy groups -OCH3 is 2. The molecule has 6 heteroatoms. The number of rotatable bonds is 4. The summed E-state index contributed by atoms with van der Waals surface area (Å²) >= 11 is 0. The molecule has 2 atom stereocenters. The summed E-state index contributed by atoms with van der Waals surface area (Å²) in [5.74, 6) is 2.18. The monoisotopic (exact) mass is 298 g/mol. The molecule has 2 unspecified atom stereocenters. The van der Waals surface area contributed by atoms with Crippen LogP contribution in [0.4, 0.5) is 0 Å². The van der Waals surface area contributed by atoms with Crippen molar-refractivity contribution in [2.75, 3.05) is 27.3 Å². The number of halogens is 1. The maximum atomic E-state index is 12.3. The quantitative estimate of drug-likeness (QED) is 0.873. The normalized spacial score (nSPS) is 26.2. The molecule has 2 fully saturated rings. The first-order valence-corrected chi connectivity index (χ1v) is 6.49. The Kier molecular flexibility index (Phi) is 4.40. The minimum absolute atomic E-state index is 0. The van der Waals surface area contributed by atoms with Crippen LogP contribution in [0.1, 0.15) is 10.4 Å². The molecule has 1 saturated heterocycles. The highest BCUT2D eigenvalue weighted by molar-refractivity contribution is 5.98. The van der Waals surface area contributed by atoms with E-state index in [9.17, 15) is 4.79 Å². The zero-order valence-corrected chi connectivity index (χ0v) is 12.3. The van der Waals surface area contributed by atoms with Gasteiger partial charge in [0.25, 0.3) is 5.91 Å². The predicted molar refractivity (Wildman–Crippen MR) is 77.9 cm³/mol. The zero-order valence-electron chi connectivity index (χ0n) is 11.5. The lowest BCUT2D eigenvalue weighted by molar-refractivity contribution is 0.0943. The molecule has 1 aliphatic carbocycles. The van der Waals surface area contributed by atoms with Crippen LogP contribution in [0.2, 0.25) is 0 Å². The molecule has 0 radical (unpaired) electrons. The molecule has 0 spiro atoms. The molecule has 1 saturated carbocycles. The number of amides is 1. The van der Waals surface area contributed by atoms with E-state index in [1.165, 1.54) is 0 Å². The minimum Gasteiger partial charge on any atom is -0.493 e. The summed E-state index contributed by atoms with van der Waals surface area (Å²) in [7, 11) is 3.11. The van der Waals surface area contributed by atoms with E-state index in [-0.39, 0.29) is 18.3 Å². The number of para-hydroxylation sites is 1. The highest BCUT2D eigenvalue weighted by atomic mass is 35.5. The van der Waals surface area contributed by atoms with Gasteiger partial charge in [0.05, 0.1) is 19.8 Å². The van der Waals surface area contributed by atoms with Gasteiger partial charge < -0.3 is 20.1 Å². The molecule has 1 aliphatic heterocycles. The van der Waals surface area contributed by atoms with Gasteiger partial charge in [0, 0.05) is 19.1 Å². The minimum atomic E-state index is -0.0878. The average molecular weight is 299 g/mol. The van der Waals surface area contributed by atoms with Gasteiger partial charge in [0.15, 0.2) is 11.5 Å². The maximum Gasteiger partial charge on any atom is 0.255 e. The third-order valence-electron chi connectivity index (χ3n) is 4.04. The van der Waals surface area contributed by atoms with E-state index in [0.29, 0.717) is 34.9 Å². The fraction of sp³-hybridized carbons (Fsp3) is 0.500. The van der Waals surface area contributed by atoms with Crippen LogP contribution in [0.3, 0.4) is 0 Å². The van der Waals surface area contributed by atoms with Crippen LogP contribution >= 0.6 is 12.4 Å². The van der Waals surface area contributed by atoms with Crippen LogP contribution in [-0.4, -0.2) is 39.3 Å². The lowest BCUT2D eigenvalue weighted by atomic mass is 10.1. The topological polar surface area (TPSA) is 59.6 Å².